The van der Waals surface area contributed by atoms with Crippen LogP contribution in [0.1, 0.15) is 17.5 Å². The molecule has 0 saturated carbocycles. The molecule has 7 aromatic carbocycles. The maximum absolute atomic E-state index is 2.40. The number of thiophene rings is 1. The average Bonchev–Trinajstić information content (AvgIpc) is 3.43. The normalized spacial score (nSPS) is 13.1. The Morgan fingerprint density at radius 2 is 1.17 bits per heavy atom. The third-order valence-electron chi connectivity index (χ3n) is 8.89. The second-order valence-corrected chi connectivity index (χ2v) is 12.3. The molecule has 41 heavy (non-hydrogen) atoms. The van der Waals surface area contributed by atoms with Crippen molar-refractivity contribution in [3.63, 3.8) is 0 Å². The summed E-state index contributed by atoms with van der Waals surface area (Å²) in [6, 6.07) is 45.4. The van der Waals surface area contributed by atoms with Crippen molar-refractivity contribution < 1.29 is 0 Å². The Morgan fingerprint density at radius 3 is 2.05 bits per heavy atom. The molecule has 0 saturated heterocycles. The first kappa shape index (κ1) is 23.0. The predicted octanol–water partition coefficient (Wildman–Crippen LogP) is 11.8. The first-order chi connectivity index (χ1) is 20.3. The molecule has 0 unspecified atom stereocenters. The van der Waals surface area contributed by atoms with E-state index in [1.54, 1.807) is 0 Å². The zero-order chi connectivity index (χ0) is 26.9. The molecule has 0 aliphatic heterocycles. The van der Waals surface area contributed by atoms with E-state index in [-0.39, 0.29) is 0 Å². The van der Waals surface area contributed by atoms with Crippen LogP contribution in [0.2, 0.25) is 0 Å². The fourth-order valence-electron chi connectivity index (χ4n) is 6.80. The summed E-state index contributed by atoms with van der Waals surface area (Å²) >= 11 is 1.91. The van der Waals surface area contributed by atoms with E-state index >= 15 is 0 Å². The number of aryl methyl sites for hydroxylation is 1. The number of allylic oxidation sites excluding steroid dienone is 1. The van der Waals surface area contributed by atoms with Gasteiger partial charge in [0, 0.05) is 25.6 Å². The van der Waals surface area contributed by atoms with E-state index in [0.717, 1.165) is 12.8 Å². The third kappa shape index (κ3) is 3.59. The number of benzene rings is 7. The largest absolute Gasteiger partial charge is 0.135 e. The van der Waals surface area contributed by atoms with Gasteiger partial charge in [0.1, 0.15) is 0 Å². The smallest absolute Gasteiger partial charge is 0.0440 e. The van der Waals surface area contributed by atoms with Gasteiger partial charge in [0.15, 0.2) is 0 Å². The van der Waals surface area contributed by atoms with E-state index in [2.05, 4.69) is 133 Å². The quantitative estimate of drug-likeness (QED) is 0.192. The molecule has 1 aliphatic carbocycles. The molecule has 8 aromatic rings. The molecule has 1 heteroatoms. The van der Waals surface area contributed by atoms with E-state index in [1.165, 1.54) is 85.9 Å². The fourth-order valence-corrected chi connectivity index (χ4v) is 8.07. The fraction of sp³-hybridized carbons (Fsp3) is 0.0500. The van der Waals surface area contributed by atoms with Gasteiger partial charge in [-0.05, 0) is 97.4 Å². The summed E-state index contributed by atoms with van der Waals surface area (Å²) in [6.07, 6.45) is 6.89. The standard InChI is InChI=1S/C40H26S/c1-2-9-33-25(6-1)12-13-26-15-18-31(23-36(26)33)29-7-5-8-30(22-29)32-19-16-27-14-17-28-20-21-35-34-10-3-4-11-38(34)41-40(35)39(28)37(27)24-32/h2-5,7-24H,1,6H2. The van der Waals surface area contributed by atoms with Gasteiger partial charge in [-0.3, -0.25) is 0 Å². The molecular formula is C40H26S. The summed E-state index contributed by atoms with van der Waals surface area (Å²) in [6.45, 7) is 0. The minimum absolute atomic E-state index is 1.13. The second kappa shape index (κ2) is 8.89. The van der Waals surface area contributed by atoms with E-state index in [1.807, 2.05) is 11.3 Å². The lowest BCUT2D eigenvalue weighted by molar-refractivity contribution is 0.990. The molecule has 0 atom stereocenters. The molecule has 0 bridgehead atoms. The van der Waals surface area contributed by atoms with Crippen LogP contribution in [-0.4, -0.2) is 0 Å². The van der Waals surface area contributed by atoms with Crippen molar-refractivity contribution >= 4 is 69.9 Å². The van der Waals surface area contributed by atoms with E-state index in [4.69, 9.17) is 0 Å². The van der Waals surface area contributed by atoms with Crippen LogP contribution in [0.5, 0.6) is 0 Å². The molecule has 1 aromatic heterocycles. The van der Waals surface area contributed by atoms with Gasteiger partial charge in [-0.2, -0.15) is 0 Å². The van der Waals surface area contributed by atoms with Gasteiger partial charge in [0.25, 0.3) is 0 Å². The SMILES string of the molecule is C1=Cc2c(ccc3ccc(-c4cccc(-c5ccc6ccc7ccc8c9ccccc9sc8c7c6c5)c4)cc23)CC1. The molecule has 1 heterocycles. The minimum Gasteiger partial charge on any atom is -0.135 e. The molecule has 0 fully saturated rings. The number of hydrogen-bond acceptors (Lipinski definition) is 1. The lowest BCUT2D eigenvalue weighted by Gasteiger charge is -2.15. The first-order valence-corrected chi connectivity index (χ1v) is 15.2. The van der Waals surface area contributed by atoms with E-state index in [0.29, 0.717) is 0 Å². The highest BCUT2D eigenvalue weighted by Gasteiger charge is 2.13. The van der Waals surface area contributed by atoms with Gasteiger partial charge < -0.3 is 0 Å². The summed E-state index contributed by atoms with van der Waals surface area (Å²) in [7, 11) is 0. The topological polar surface area (TPSA) is 0 Å². The Labute approximate surface area is 242 Å². The van der Waals surface area contributed by atoms with E-state index < -0.39 is 0 Å². The van der Waals surface area contributed by atoms with Crippen molar-refractivity contribution in [1.29, 1.82) is 0 Å². The van der Waals surface area contributed by atoms with Gasteiger partial charge in [-0.1, -0.05) is 109 Å². The number of rotatable bonds is 2. The minimum atomic E-state index is 1.13. The Morgan fingerprint density at radius 1 is 0.488 bits per heavy atom. The molecule has 1 aliphatic rings. The summed E-state index contributed by atoms with van der Waals surface area (Å²) in [4.78, 5) is 0. The van der Waals surface area contributed by atoms with Crippen LogP contribution in [-0.2, 0) is 6.42 Å². The number of hydrogen-bond donors (Lipinski definition) is 0. The van der Waals surface area contributed by atoms with Crippen LogP contribution in [0, 0.1) is 0 Å². The Balaban J connectivity index is 1.22. The highest BCUT2D eigenvalue weighted by atomic mass is 32.1. The van der Waals surface area contributed by atoms with Crippen molar-refractivity contribution in [2.75, 3.05) is 0 Å². The van der Waals surface area contributed by atoms with Gasteiger partial charge in [0.2, 0.25) is 0 Å². The first-order valence-electron chi connectivity index (χ1n) is 14.4. The number of fused-ring (bicyclic) bond motifs is 10. The molecule has 0 amide bonds. The molecule has 192 valence electrons. The lowest BCUT2D eigenvalue weighted by Crippen LogP contribution is -1.95. The maximum Gasteiger partial charge on any atom is 0.0440 e. The Bertz CT molecular complexity index is 2370. The Hall–Kier alpha value is -4.72. The van der Waals surface area contributed by atoms with Gasteiger partial charge in [-0.15, -0.1) is 11.3 Å². The summed E-state index contributed by atoms with van der Waals surface area (Å²) < 4.78 is 2.73. The third-order valence-corrected chi connectivity index (χ3v) is 10.1. The zero-order valence-electron chi connectivity index (χ0n) is 22.5. The van der Waals surface area contributed by atoms with Crippen LogP contribution in [0.15, 0.2) is 127 Å². The zero-order valence-corrected chi connectivity index (χ0v) is 23.3. The highest BCUT2D eigenvalue weighted by molar-refractivity contribution is 7.26. The average molecular weight is 539 g/mol. The molecule has 0 nitrogen and oxygen atoms in total. The second-order valence-electron chi connectivity index (χ2n) is 11.2. The monoisotopic (exact) mass is 538 g/mol. The summed E-state index contributed by atoms with van der Waals surface area (Å²) in [5.74, 6) is 0. The molecular weight excluding hydrogens is 513 g/mol. The van der Waals surface area contributed by atoms with Crippen molar-refractivity contribution in [3.8, 4) is 22.3 Å². The molecule has 9 rings (SSSR count). The predicted molar refractivity (Wildman–Crippen MR) is 180 cm³/mol. The maximum atomic E-state index is 2.40. The van der Waals surface area contributed by atoms with Crippen molar-refractivity contribution in [2.45, 2.75) is 12.8 Å². The summed E-state index contributed by atoms with van der Waals surface area (Å²) in [5, 5.41) is 10.6. The molecule has 0 radical (unpaired) electrons. The van der Waals surface area contributed by atoms with Gasteiger partial charge in [-0.25, -0.2) is 0 Å². The van der Waals surface area contributed by atoms with Crippen LogP contribution in [0.4, 0.5) is 0 Å². The van der Waals surface area contributed by atoms with Gasteiger partial charge >= 0.3 is 0 Å². The summed E-state index contributed by atoms with van der Waals surface area (Å²) in [5.41, 5.74) is 7.88. The van der Waals surface area contributed by atoms with Gasteiger partial charge in [0.05, 0.1) is 0 Å². The van der Waals surface area contributed by atoms with Crippen LogP contribution in [0.3, 0.4) is 0 Å². The molecule has 0 spiro atoms. The van der Waals surface area contributed by atoms with Crippen molar-refractivity contribution in [2.24, 2.45) is 0 Å². The Kier molecular flexibility index (Phi) is 5.00. The van der Waals surface area contributed by atoms with Crippen molar-refractivity contribution in [3.05, 3.63) is 139 Å². The van der Waals surface area contributed by atoms with Crippen LogP contribution < -0.4 is 0 Å². The molecule has 0 N–H and O–H groups in total. The highest BCUT2D eigenvalue weighted by Crippen LogP contribution is 2.42. The van der Waals surface area contributed by atoms with Crippen LogP contribution in [0.25, 0.3) is 80.8 Å². The van der Waals surface area contributed by atoms with E-state index in [9.17, 15) is 0 Å². The lowest BCUT2D eigenvalue weighted by atomic mass is 9.90. The van der Waals surface area contributed by atoms with Crippen LogP contribution >= 0.6 is 11.3 Å². The van der Waals surface area contributed by atoms with Crippen molar-refractivity contribution in [1.82, 2.24) is 0 Å².